The molecule has 20 heavy (non-hydrogen) atoms. The fourth-order valence-corrected chi connectivity index (χ4v) is 1.99. The zero-order valence-corrected chi connectivity index (χ0v) is 12.0. The van der Waals surface area contributed by atoms with Crippen LogP contribution in [0.5, 0.6) is 5.75 Å². The van der Waals surface area contributed by atoms with Crippen LogP contribution in [-0.4, -0.2) is 13.0 Å². The van der Waals surface area contributed by atoms with E-state index in [1.54, 1.807) is 30.3 Å². The molecular weight excluding hydrogens is 276 g/mol. The highest BCUT2D eigenvalue weighted by molar-refractivity contribution is 6.34. The van der Waals surface area contributed by atoms with Crippen molar-refractivity contribution in [3.05, 3.63) is 52.5 Å². The molecule has 3 N–H and O–H groups in total. The zero-order chi connectivity index (χ0) is 14.7. The zero-order valence-electron chi connectivity index (χ0n) is 11.2. The summed E-state index contributed by atoms with van der Waals surface area (Å²) in [6, 6.07) is 10.3. The standard InChI is InChI=1S/C15H15ClN2O2/c1-9-3-5-12(16)13(7-9)18-15(19)11-8-10(17)4-6-14(11)20-2/h3-8H,17H2,1-2H3,(H,18,19). The fourth-order valence-electron chi connectivity index (χ4n) is 1.83. The number of ether oxygens (including phenoxy) is 1. The summed E-state index contributed by atoms with van der Waals surface area (Å²) < 4.78 is 5.16. The molecule has 1 amide bonds. The van der Waals surface area contributed by atoms with Gasteiger partial charge in [-0.25, -0.2) is 0 Å². The molecule has 0 aliphatic heterocycles. The van der Waals surface area contributed by atoms with E-state index in [-0.39, 0.29) is 5.91 Å². The number of carbonyl (C=O) groups is 1. The number of hydrogen-bond donors (Lipinski definition) is 2. The first-order valence-electron chi connectivity index (χ1n) is 6.02. The number of benzene rings is 2. The third-order valence-electron chi connectivity index (χ3n) is 2.84. The molecule has 4 nitrogen and oxygen atoms in total. The highest BCUT2D eigenvalue weighted by Gasteiger charge is 2.14. The molecule has 0 aliphatic carbocycles. The average molecular weight is 291 g/mol. The molecule has 2 aromatic carbocycles. The lowest BCUT2D eigenvalue weighted by Crippen LogP contribution is -2.14. The van der Waals surface area contributed by atoms with E-state index in [9.17, 15) is 4.79 Å². The van der Waals surface area contributed by atoms with Crippen molar-refractivity contribution in [2.75, 3.05) is 18.2 Å². The highest BCUT2D eigenvalue weighted by Crippen LogP contribution is 2.26. The second-order valence-electron chi connectivity index (χ2n) is 4.40. The first kappa shape index (κ1) is 14.2. The Hall–Kier alpha value is -2.20. The summed E-state index contributed by atoms with van der Waals surface area (Å²) in [7, 11) is 1.50. The number of nitrogens with one attached hydrogen (secondary N) is 1. The lowest BCUT2D eigenvalue weighted by Gasteiger charge is -2.11. The third kappa shape index (κ3) is 3.03. The van der Waals surface area contributed by atoms with Crippen molar-refractivity contribution in [3.8, 4) is 5.75 Å². The number of hydrogen-bond acceptors (Lipinski definition) is 3. The fraction of sp³-hybridized carbons (Fsp3) is 0.133. The summed E-state index contributed by atoms with van der Waals surface area (Å²) in [6.07, 6.45) is 0. The average Bonchev–Trinajstić information content (AvgIpc) is 2.42. The van der Waals surface area contributed by atoms with Crippen LogP contribution in [0.25, 0.3) is 0 Å². The number of carbonyl (C=O) groups excluding carboxylic acids is 1. The Bertz CT molecular complexity index is 656. The molecule has 0 saturated carbocycles. The molecule has 0 saturated heterocycles. The smallest absolute Gasteiger partial charge is 0.259 e. The van der Waals surface area contributed by atoms with Gasteiger partial charge in [0.1, 0.15) is 5.75 Å². The van der Waals surface area contributed by atoms with Crippen LogP contribution < -0.4 is 15.8 Å². The molecule has 104 valence electrons. The van der Waals surface area contributed by atoms with Gasteiger partial charge in [-0.05, 0) is 42.8 Å². The van der Waals surface area contributed by atoms with Crippen LogP contribution in [0.15, 0.2) is 36.4 Å². The minimum Gasteiger partial charge on any atom is -0.496 e. The van der Waals surface area contributed by atoms with Gasteiger partial charge < -0.3 is 15.8 Å². The maximum atomic E-state index is 12.3. The van der Waals surface area contributed by atoms with Gasteiger partial charge in [-0.15, -0.1) is 0 Å². The molecular formula is C15H15ClN2O2. The highest BCUT2D eigenvalue weighted by atomic mass is 35.5. The molecule has 2 rings (SSSR count). The van der Waals surface area contributed by atoms with Gasteiger partial charge in [-0.1, -0.05) is 17.7 Å². The maximum Gasteiger partial charge on any atom is 0.259 e. The topological polar surface area (TPSA) is 64.3 Å². The predicted molar refractivity (Wildman–Crippen MR) is 81.5 cm³/mol. The van der Waals surface area contributed by atoms with Crippen molar-refractivity contribution in [1.82, 2.24) is 0 Å². The Labute approximate surface area is 122 Å². The van der Waals surface area contributed by atoms with Crippen molar-refractivity contribution in [1.29, 1.82) is 0 Å². The van der Waals surface area contributed by atoms with E-state index in [0.29, 0.717) is 27.7 Å². The predicted octanol–water partition coefficient (Wildman–Crippen LogP) is 3.49. The second-order valence-corrected chi connectivity index (χ2v) is 4.80. The number of methoxy groups -OCH3 is 1. The van der Waals surface area contributed by atoms with Crippen molar-refractivity contribution in [2.24, 2.45) is 0 Å². The van der Waals surface area contributed by atoms with E-state index in [1.807, 2.05) is 13.0 Å². The van der Waals surface area contributed by atoms with Gasteiger partial charge in [-0.3, -0.25) is 4.79 Å². The summed E-state index contributed by atoms with van der Waals surface area (Å²) in [4.78, 5) is 12.3. The summed E-state index contributed by atoms with van der Waals surface area (Å²) in [6.45, 7) is 1.92. The molecule has 0 radical (unpaired) electrons. The van der Waals surface area contributed by atoms with Crippen LogP contribution in [0.4, 0.5) is 11.4 Å². The Kier molecular flexibility index (Phi) is 4.15. The lowest BCUT2D eigenvalue weighted by molar-refractivity contribution is 0.102. The Morgan fingerprint density at radius 3 is 2.70 bits per heavy atom. The van der Waals surface area contributed by atoms with Crippen molar-refractivity contribution < 1.29 is 9.53 Å². The van der Waals surface area contributed by atoms with E-state index in [4.69, 9.17) is 22.1 Å². The molecule has 0 aliphatic rings. The molecule has 0 spiro atoms. The number of amides is 1. The van der Waals surface area contributed by atoms with Crippen LogP contribution in [0.1, 0.15) is 15.9 Å². The van der Waals surface area contributed by atoms with Crippen molar-refractivity contribution in [3.63, 3.8) is 0 Å². The molecule has 5 heteroatoms. The molecule has 0 fully saturated rings. The summed E-state index contributed by atoms with van der Waals surface area (Å²) in [5, 5.41) is 3.24. The van der Waals surface area contributed by atoms with Gasteiger partial charge in [0.2, 0.25) is 0 Å². The molecule has 0 aromatic heterocycles. The summed E-state index contributed by atoms with van der Waals surface area (Å²) in [5.41, 5.74) is 8.12. The molecule has 0 unspecified atom stereocenters. The Balaban J connectivity index is 2.32. The number of rotatable bonds is 3. The van der Waals surface area contributed by atoms with Gasteiger partial charge in [0.05, 0.1) is 23.4 Å². The van der Waals surface area contributed by atoms with E-state index in [0.717, 1.165) is 5.56 Å². The van der Waals surface area contributed by atoms with E-state index < -0.39 is 0 Å². The largest absolute Gasteiger partial charge is 0.496 e. The molecule has 0 atom stereocenters. The minimum absolute atomic E-state index is 0.318. The SMILES string of the molecule is COc1ccc(N)cc1C(=O)Nc1cc(C)ccc1Cl. The molecule has 0 heterocycles. The number of nitrogen functional groups attached to an aromatic ring is 1. The number of anilines is 2. The minimum atomic E-state index is -0.318. The normalized spacial score (nSPS) is 10.2. The van der Waals surface area contributed by atoms with Crippen LogP contribution in [0.3, 0.4) is 0 Å². The van der Waals surface area contributed by atoms with Crippen molar-refractivity contribution >= 4 is 28.9 Å². The third-order valence-corrected chi connectivity index (χ3v) is 3.17. The van der Waals surface area contributed by atoms with Gasteiger partial charge in [-0.2, -0.15) is 0 Å². The number of nitrogens with two attached hydrogens (primary N) is 1. The summed E-state index contributed by atoms with van der Waals surface area (Å²) >= 11 is 6.06. The van der Waals surface area contributed by atoms with Gasteiger partial charge >= 0.3 is 0 Å². The second kappa shape index (κ2) is 5.84. The van der Waals surface area contributed by atoms with Crippen molar-refractivity contribution in [2.45, 2.75) is 6.92 Å². The van der Waals surface area contributed by atoms with Gasteiger partial charge in [0, 0.05) is 5.69 Å². The first-order chi connectivity index (χ1) is 9.51. The van der Waals surface area contributed by atoms with Gasteiger partial charge in [0.25, 0.3) is 5.91 Å². The van der Waals surface area contributed by atoms with Crippen LogP contribution >= 0.6 is 11.6 Å². The van der Waals surface area contributed by atoms with E-state index >= 15 is 0 Å². The lowest BCUT2D eigenvalue weighted by atomic mass is 10.1. The maximum absolute atomic E-state index is 12.3. The molecule has 2 aromatic rings. The quantitative estimate of drug-likeness (QED) is 0.851. The van der Waals surface area contributed by atoms with E-state index in [1.165, 1.54) is 7.11 Å². The number of aryl methyl sites for hydroxylation is 1. The monoisotopic (exact) mass is 290 g/mol. The van der Waals surface area contributed by atoms with Crippen LogP contribution in [-0.2, 0) is 0 Å². The van der Waals surface area contributed by atoms with Gasteiger partial charge in [0.15, 0.2) is 0 Å². The Morgan fingerprint density at radius 2 is 2.00 bits per heavy atom. The molecule has 0 bridgehead atoms. The van der Waals surface area contributed by atoms with Crippen LogP contribution in [0.2, 0.25) is 5.02 Å². The Morgan fingerprint density at radius 1 is 1.25 bits per heavy atom. The van der Waals surface area contributed by atoms with E-state index in [2.05, 4.69) is 5.32 Å². The summed E-state index contributed by atoms with van der Waals surface area (Å²) in [5.74, 6) is 0.141. The number of halogens is 1. The first-order valence-corrected chi connectivity index (χ1v) is 6.40. The van der Waals surface area contributed by atoms with Crippen LogP contribution in [0, 0.1) is 6.92 Å².